The summed E-state index contributed by atoms with van der Waals surface area (Å²) >= 11 is 6.48. The molecule has 1 aromatic heterocycles. The third-order valence-corrected chi connectivity index (χ3v) is 6.52. The highest BCUT2D eigenvalue weighted by Gasteiger charge is 2.23. The minimum atomic E-state index is -0.865. The lowest BCUT2D eigenvalue weighted by Crippen LogP contribution is -2.26. The van der Waals surface area contributed by atoms with E-state index in [0.29, 0.717) is 28.0 Å². The Morgan fingerprint density at radius 2 is 2.00 bits per heavy atom. The van der Waals surface area contributed by atoms with Gasteiger partial charge in [0.1, 0.15) is 5.82 Å². The van der Waals surface area contributed by atoms with E-state index in [0.717, 1.165) is 25.7 Å². The molecule has 1 heterocycles. The summed E-state index contributed by atoms with van der Waals surface area (Å²) in [4.78, 5) is 30.2. The van der Waals surface area contributed by atoms with Crippen LogP contribution in [0, 0.1) is 0 Å². The monoisotopic (exact) mass is 511 g/mol. The summed E-state index contributed by atoms with van der Waals surface area (Å²) < 4.78 is 17.6. The highest BCUT2D eigenvalue weighted by atomic mass is 35.5. The van der Waals surface area contributed by atoms with Crippen molar-refractivity contribution in [3.05, 3.63) is 63.2 Å². The van der Waals surface area contributed by atoms with Gasteiger partial charge in [-0.3, -0.25) is 4.79 Å². The van der Waals surface area contributed by atoms with Crippen molar-refractivity contribution in [2.24, 2.45) is 5.10 Å². The number of fused-ring (bicyclic) bond motifs is 1. The molecule has 3 aromatic rings. The number of nitrogens with zero attached hydrogens (tertiary/aromatic N) is 3. The number of carbonyl (C=O) groups is 1. The summed E-state index contributed by atoms with van der Waals surface area (Å²) in [5.74, 6) is 0.906. The van der Waals surface area contributed by atoms with E-state index < -0.39 is 12.1 Å². The number of benzene rings is 2. The number of esters is 1. The summed E-state index contributed by atoms with van der Waals surface area (Å²) in [6.07, 6.45) is 6.05. The number of carbonyl (C=O) groups excluding carboxylic acids is 1. The smallest absolute Gasteiger partial charge is 0.347 e. The molecule has 1 atom stereocenters. The molecule has 1 saturated carbocycles. The van der Waals surface area contributed by atoms with Crippen LogP contribution in [0.1, 0.15) is 63.3 Å². The van der Waals surface area contributed by atoms with Crippen molar-refractivity contribution < 1.29 is 19.0 Å². The van der Waals surface area contributed by atoms with Gasteiger partial charge in [0, 0.05) is 5.92 Å². The Balaban J connectivity index is 1.71. The molecule has 1 aliphatic rings. The first-order valence-corrected chi connectivity index (χ1v) is 12.6. The van der Waals surface area contributed by atoms with Crippen molar-refractivity contribution in [2.75, 3.05) is 13.7 Å². The van der Waals surface area contributed by atoms with Gasteiger partial charge in [-0.05, 0) is 56.5 Å². The standard InChI is InChI=1S/C27H30ClN3O5/c1-4-35-27(33)17(2)36-24-21(28)14-18(15-23(24)34-3)16-29-31-25(19-10-6-5-7-11-19)30-22-13-9-8-12-20(22)26(31)32/h8-9,12-17,19H,4-7,10-11H2,1-3H3/t17-/m1/s1. The van der Waals surface area contributed by atoms with Crippen molar-refractivity contribution in [1.29, 1.82) is 0 Å². The lowest BCUT2D eigenvalue weighted by molar-refractivity contribution is -0.150. The van der Waals surface area contributed by atoms with Crippen LogP contribution in [0.3, 0.4) is 0 Å². The minimum Gasteiger partial charge on any atom is -0.493 e. The van der Waals surface area contributed by atoms with E-state index in [4.69, 9.17) is 30.8 Å². The summed E-state index contributed by atoms with van der Waals surface area (Å²) in [5.41, 5.74) is 1.07. The predicted octanol–water partition coefficient (Wildman–Crippen LogP) is 5.32. The zero-order chi connectivity index (χ0) is 25.7. The van der Waals surface area contributed by atoms with Crippen LogP contribution >= 0.6 is 11.6 Å². The van der Waals surface area contributed by atoms with E-state index in [1.54, 1.807) is 38.3 Å². The first kappa shape index (κ1) is 25.7. The van der Waals surface area contributed by atoms with Gasteiger partial charge >= 0.3 is 5.97 Å². The fraction of sp³-hybridized carbons (Fsp3) is 0.407. The minimum absolute atomic E-state index is 0.173. The lowest BCUT2D eigenvalue weighted by Gasteiger charge is -2.22. The first-order chi connectivity index (χ1) is 17.4. The van der Waals surface area contributed by atoms with Gasteiger partial charge in [-0.1, -0.05) is 43.0 Å². The molecule has 0 N–H and O–H groups in total. The maximum Gasteiger partial charge on any atom is 0.347 e. The number of methoxy groups -OCH3 is 1. The van der Waals surface area contributed by atoms with Crippen LogP contribution in [0.4, 0.5) is 0 Å². The molecule has 36 heavy (non-hydrogen) atoms. The van der Waals surface area contributed by atoms with Crippen molar-refractivity contribution >= 4 is 34.7 Å². The number of aromatic nitrogens is 2. The molecule has 0 radical (unpaired) electrons. The molecule has 0 saturated heterocycles. The van der Waals surface area contributed by atoms with E-state index in [-0.39, 0.29) is 28.9 Å². The van der Waals surface area contributed by atoms with Crippen LogP contribution in [0.15, 0.2) is 46.3 Å². The number of para-hydroxylation sites is 1. The van der Waals surface area contributed by atoms with Crippen molar-refractivity contribution in [3.63, 3.8) is 0 Å². The Morgan fingerprint density at radius 3 is 2.72 bits per heavy atom. The Morgan fingerprint density at radius 1 is 1.25 bits per heavy atom. The highest BCUT2D eigenvalue weighted by Crippen LogP contribution is 2.37. The van der Waals surface area contributed by atoms with Gasteiger partial charge in [0.15, 0.2) is 17.6 Å². The van der Waals surface area contributed by atoms with Crippen LogP contribution in [0.2, 0.25) is 5.02 Å². The molecule has 4 rings (SSSR count). The SMILES string of the molecule is CCOC(=O)[C@@H](C)Oc1c(Cl)cc(C=Nn2c(C3CCCCC3)nc3ccccc3c2=O)cc1OC. The number of hydrogen-bond acceptors (Lipinski definition) is 7. The third kappa shape index (κ3) is 5.54. The van der Waals surface area contributed by atoms with Gasteiger partial charge in [0.2, 0.25) is 0 Å². The van der Waals surface area contributed by atoms with Gasteiger partial charge in [-0.15, -0.1) is 0 Å². The molecule has 9 heteroatoms. The molecular formula is C27H30ClN3O5. The van der Waals surface area contributed by atoms with Gasteiger partial charge in [0.05, 0.1) is 35.9 Å². The second-order valence-electron chi connectivity index (χ2n) is 8.73. The molecule has 0 bridgehead atoms. The van der Waals surface area contributed by atoms with Crippen molar-refractivity contribution in [2.45, 2.75) is 58.0 Å². The van der Waals surface area contributed by atoms with Crippen LogP contribution in [0.5, 0.6) is 11.5 Å². The van der Waals surface area contributed by atoms with Crippen LogP contribution < -0.4 is 15.0 Å². The molecule has 0 aliphatic heterocycles. The number of hydrogen-bond donors (Lipinski definition) is 0. The van der Waals surface area contributed by atoms with Crippen molar-refractivity contribution in [3.8, 4) is 11.5 Å². The Hall–Kier alpha value is -3.39. The Kier molecular flexibility index (Phi) is 8.25. The highest BCUT2D eigenvalue weighted by molar-refractivity contribution is 6.32. The Bertz CT molecular complexity index is 1330. The van der Waals surface area contributed by atoms with E-state index in [9.17, 15) is 9.59 Å². The normalized spacial score (nSPS) is 15.2. The van der Waals surface area contributed by atoms with Crippen LogP contribution in [-0.2, 0) is 9.53 Å². The van der Waals surface area contributed by atoms with Crippen LogP contribution in [-0.4, -0.2) is 41.7 Å². The molecule has 1 aliphatic carbocycles. The maximum absolute atomic E-state index is 13.4. The quantitative estimate of drug-likeness (QED) is 0.300. The second kappa shape index (κ2) is 11.6. The molecule has 8 nitrogen and oxygen atoms in total. The number of ether oxygens (including phenoxy) is 3. The lowest BCUT2D eigenvalue weighted by atomic mass is 9.88. The fourth-order valence-corrected chi connectivity index (χ4v) is 4.68. The van der Waals surface area contributed by atoms with E-state index in [2.05, 4.69) is 5.10 Å². The van der Waals surface area contributed by atoms with E-state index in [1.807, 2.05) is 18.2 Å². The molecular weight excluding hydrogens is 482 g/mol. The first-order valence-electron chi connectivity index (χ1n) is 12.2. The van der Waals surface area contributed by atoms with Crippen LogP contribution in [0.25, 0.3) is 10.9 Å². The predicted molar refractivity (Wildman–Crippen MR) is 140 cm³/mol. The fourth-order valence-electron chi connectivity index (χ4n) is 4.42. The molecule has 0 unspecified atom stereocenters. The average molecular weight is 512 g/mol. The van der Waals surface area contributed by atoms with E-state index in [1.165, 1.54) is 18.2 Å². The van der Waals surface area contributed by atoms with Gasteiger partial charge in [0.25, 0.3) is 5.56 Å². The van der Waals surface area contributed by atoms with Gasteiger partial charge < -0.3 is 14.2 Å². The van der Waals surface area contributed by atoms with Gasteiger partial charge in [-0.2, -0.15) is 9.78 Å². The molecule has 0 amide bonds. The topological polar surface area (TPSA) is 92.0 Å². The summed E-state index contributed by atoms with van der Waals surface area (Å²) in [6.45, 7) is 3.55. The molecule has 190 valence electrons. The Labute approximate surface area is 214 Å². The van der Waals surface area contributed by atoms with Gasteiger partial charge in [-0.25, -0.2) is 9.78 Å². The van der Waals surface area contributed by atoms with E-state index >= 15 is 0 Å². The average Bonchev–Trinajstić information content (AvgIpc) is 2.89. The summed E-state index contributed by atoms with van der Waals surface area (Å²) in [7, 11) is 1.48. The zero-order valence-electron chi connectivity index (χ0n) is 20.7. The molecule has 2 aromatic carbocycles. The maximum atomic E-state index is 13.4. The molecule has 0 spiro atoms. The number of rotatable bonds is 8. The summed E-state index contributed by atoms with van der Waals surface area (Å²) in [5, 5.41) is 5.30. The zero-order valence-corrected chi connectivity index (χ0v) is 21.5. The largest absolute Gasteiger partial charge is 0.493 e. The summed E-state index contributed by atoms with van der Waals surface area (Å²) in [6, 6.07) is 10.6. The number of halogens is 1. The van der Waals surface area contributed by atoms with Crippen molar-refractivity contribution in [1.82, 2.24) is 9.66 Å². The second-order valence-corrected chi connectivity index (χ2v) is 9.14. The molecule has 1 fully saturated rings. The third-order valence-electron chi connectivity index (χ3n) is 6.24.